The van der Waals surface area contributed by atoms with Gasteiger partial charge in [-0.25, -0.2) is 9.97 Å². The van der Waals surface area contributed by atoms with Crippen LogP contribution in [-0.4, -0.2) is 22.1 Å². The molecule has 82 valence electrons. The van der Waals surface area contributed by atoms with Crippen LogP contribution in [0.3, 0.4) is 0 Å². The topological polar surface area (TPSA) is 63.8 Å². The number of hydrogen-bond acceptors (Lipinski definition) is 4. The summed E-state index contributed by atoms with van der Waals surface area (Å²) in [7, 11) is 0. The van der Waals surface area contributed by atoms with Gasteiger partial charge >= 0.3 is 0 Å². The maximum Gasteiger partial charge on any atom is 0.130 e. The van der Waals surface area contributed by atoms with Gasteiger partial charge in [0.2, 0.25) is 0 Å². The van der Waals surface area contributed by atoms with Crippen molar-refractivity contribution in [1.29, 1.82) is 0 Å². The Morgan fingerprint density at radius 2 is 2.27 bits per heavy atom. The first kappa shape index (κ1) is 10.4. The van der Waals surface area contributed by atoms with Crippen molar-refractivity contribution >= 4 is 5.82 Å². The van der Waals surface area contributed by atoms with Crippen LogP contribution in [0.25, 0.3) is 0 Å². The zero-order valence-corrected chi connectivity index (χ0v) is 9.16. The molecule has 1 aliphatic rings. The molecule has 1 aromatic rings. The van der Waals surface area contributed by atoms with Crippen molar-refractivity contribution in [2.45, 2.75) is 38.1 Å². The molecule has 0 aromatic carbocycles. The third-order valence-electron chi connectivity index (χ3n) is 2.87. The van der Waals surface area contributed by atoms with Gasteiger partial charge in [0, 0.05) is 18.3 Å². The molecule has 1 saturated carbocycles. The van der Waals surface area contributed by atoms with Crippen molar-refractivity contribution in [3.63, 3.8) is 0 Å². The lowest BCUT2D eigenvalue weighted by atomic mass is 10.2. The van der Waals surface area contributed by atoms with E-state index in [0.717, 1.165) is 37.2 Å². The van der Waals surface area contributed by atoms with Crippen LogP contribution in [0.15, 0.2) is 12.4 Å². The Bertz CT molecular complexity index is 333. The number of anilines is 1. The van der Waals surface area contributed by atoms with Crippen LogP contribution in [-0.2, 0) is 6.42 Å². The van der Waals surface area contributed by atoms with E-state index in [-0.39, 0.29) is 5.54 Å². The molecule has 0 atom stereocenters. The highest BCUT2D eigenvalue weighted by molar-refractivity contribution is 5.41. The fraction of sp³-hybridized carbons (Fsp3) is 0.636. The van der Waals surface area contributed by atoms with E-state index in [2.05, 4.69) is 22.2 Å². The predicted molar refractivity (Wildman–Crippen MR) is 60.7 cm³/mol. The lowest BCUT2D eigenvalue weighted by Crippen LogP contribution is -2.31. The Morgan fingerprint density at radius 3 is 2.87 bits per heavy atom. The zero-order valence-electron chi connectivity index (χ0n) is 9.16. The highest BCUT2D eigenvalue weighted by Gasteiger charge is 2.41. The number of rotatable bonds is 5. The van der Waals surface area contributed by atoms with Crippen LogP contribution in [0.5, 0.6) is 0 Å². The third-order valence-corrected chi connectivity index (χ3v) is 2.87. The summed E-state index contributed by atoms with van der Waals surface area (Å²) in [5.74, 6) is 0.913. The van der Waals surface area contributed by atoms with E-state index in [9.17, 15) is 0 Å². The van der Waals surface area contributed by atoms with Gasteiger partial charge in [0.15, 0.2) is 0 Å². The highest BCUT2D eigenvalue weighted by Crippen LogP contribution is 2.37. The van der Waals surface area contributed by atoms with Gasteiger partial charge in [-0.2, -0.15) is 0 Å². The number of nitrogens with one attached hydrogen (secondary N) is 1. The molecule has 4 nitrogen and oxygen atoms in total. The highest BCUT2D eigenvalue weighted by atomic mass is 15.1. The number of hydrogen-bond donors (Lipinski definition) is 2. The summed E-state index contributed by atoms with van der Waals surface area (Å²) < 4.78 is 0. The Balaban J connectivity index is 2.05. The molecule has 15 heavy (non-hydrogen) atoms. The standard InChI is InChI=1S/C11H18N4/c1-2-3-9-6-10(14-8-13-9)15-11(7-12)4-5-11/h6,8H,2-5,7,12H2,1H3,(H,13,14,15). The SMILES string of the molecule is CCCc1cc(NC2(CN)CC2)ncn1. The molecule has 0 bridgehead atoms. The van der Waals surface area contributed by atoms with Crippen molar-refractivity contribution in [3.05, 3.63) is 18.1 Å². The smallest absolute Gasteiger partial charge is 0.130 e. The summed E-state index contributed by atoms with van der Waals surface area (Å²) >= 11 is 0. The Kier molecular flexibility index (Phi) is 2.86. The second kappa shape index (κ2) is 4.14. The normalized spacial score (nSPS) is 17.5. The van der Waals surface area contributed by atoms with Gasteiger partial charge in [0.1, 0.15) is 12.1 Å². The van der Waals surface area contributed by atoms with Gasteiger partial charge in [0.25, 0.3) is 0 Å². The molecule has 2 rings (SSSR count). The maximum atomic E-state index is 5.71. The Hall–Kier alpha value is -1.16. The number of aromatic nitrogens is 2. The Morgan fingerprint density at radius 1 is 1.47 bits per heavy atom. The van der Waals surface area contributed by atoms with E-state index in [1.54, 1.807) is 6.33 Å². The van der Waals surface area contributed by atoms with Crippen LogP contribution < -0.4 is 11.1 Å². The molecule has 4 heteroatoms. The Labute approximate surface area is 90.3 Å². The van der Waals surface area contributed by atoms with Gasteiger partial charge < -0.3 is 11.1 Å². The molecule has 1 aromatic heterocycles. The van der Waals surface area contributed by atoms with E-state index in [4.69, 9.17) is 5.73 Å². The number of aryl methyl sites for hydroxylation is 1. The molecular weight excluding hydrogens is 188 g/mol. The van der Waals surface area contributed by atoms with Crippen molar-refractivity contribution in [2.75, 3.05) is 11.9 Å². The van der Waals surface area contributed by atoms with Crippen LogP contribution in [0, 0.1) is 0 Å². The molecule has 0 unspecified atom stereocenters. The van der Waals surface area contributed by atoms with Gasteiger partial charge in [0.05, 0.1) is 5.54 Å². The average Bonchev–Trinajstić information content (AvgIpc) is 3.00. The molecule has 0 amide bonds. The maximum absolute atomic E-state index is 5.71. The predicted octanol–water partition coefficient (Wildman–Crippen LogP) is 1.33. The quantitative estimate of drug-likeness (QED) is 0.763. The molecule has 1 aliphatic carbocycles. The average molecular weight is 206 g/mol. The largest absolute Gasteiger partial charge is 0.363 e. The second-order valence-corrected chi connectivity index (χ2v) is 4.25. The summed E-state index contributed by atoms with van der Waals surface area (Å²) in [6.45, 7) is 2.83. The second-order valence-electron chi connectivity index (χ2n) is 4.25. The van der Waals surface area contributed by atoms with Crippen molar-refractivity contribution in [1.82, 2.24) is 9.97 Å². The van der Waals surface area contributed by atoms with Crippen molar-refractivity contribution in [3.8, 4) is 0 Å². The summed E-state index contributed by atoms with van der Waals surface area (Å²) in [6.07, 6.45) is 6.04. The minimum absolute atomic E-state index is 0.123. The first-order chi connectivity index (χ1) is 7.28. The van der Waals surface area contributed by atoms with E-state index in [1.807, 2.05) is 6.07 Å². The first-order valence-electron chi connectivity index (χ1n) is 5.57. The fourth-order valence-electron chi connectivity index (χ4n) is 1.66. The molecule has 0 radical (unpaired) electrons. The molecule has 3 N–H and O–H groups in total. The van der Waals surface area contributed by atoms with E-state index in [1.165, 1.54) is 0 Å². The lowest BCUT2D eigenvalue weighted by Gasteiger charge is -2.15. The van der Waals surface area contributed by atoms with Gasteiger partial charge in [-0.15, -0.1) is 0 Å². The number of nitrogens with two attached hydrogens (primary N) is 1. The third kappa shape index (κ3) is 2.45. The summed E-state index contributed by atoms with van der Waals surface area (Å²) in [6, 6.07) is 2.03. The van der Waals surface area contributed by atoms with Crippen LogP contribution in [0.4, 0.5) is 5.82 Å². The van der Waals surface area contributed by atoms with Crippen molar-refractivity contribution < 1.29 is 0 Å². The minimum Gasteiger partial charge on any atom is -0.363 e. The number of nitrogens with zero attached hydrogens (tertiary/aromatic N) is 2. The van der Waals surface area contributed by atoms with Gasteiger partial charge in [-0.3, -0.25) is 0 Å². The molecule has 1 heterocycles. The lowest BCUT2D eigenvalue weighted by molar-refractivity contribution is 0.734. The summed E-state index contributed by atoms with van der Waals surface area (Å²) in [4.78, 5) is 8.44. The summed E-state index contributed by atoms with van der Waals surface area (Å²) in [5.41, 5.74) is 6.93. The van der Waals surface area contributed by atoms with E-state index < -0.39 is 0 Å². The van der Waals surface area contributed by atoms with Gasteiger partial charge in [-0.05, 0) is 19.3 Å². The molecular formula is C11H18N4. The zero-order chi connectivity index (χ0) is 10.7. The summed E-state index contributed by atoms with van der Waals surface area (Å²) in [5, 5.41) is 3.40. The minimum atomic E-state index is 0.123. The van der Waals surface area contributed by atoms with Crippen LogP contribution in [0.2, 0.25) is 0 Å². The van der Waals surface area contributed by atoms with Gasteiger partial charge in [-0.1, -0.05) is 13.3 Å². The fourth-order valence-corrected chi connectivity index (χ4v) is 1.66. The van der Waals surface area contributed by atoms with E-state index in [0.29, 0.717) is 6.54 Å². The molecule has 1 fully saturated rings. The van der Waals surface area contributed by atoms with E-state index >= 15 is 0 Å². The van der Waals surface area contributed by atoms with Crippen LogP contribution in [0.1, 0.15) is 31.9 Å². The van der Waals surface area contributed by atoms with Crippen molar-refractivity contribution in [2.24, 2.45) is 5.73 Å². The molecule has 0 saturated heterocycles. The van der Waals surface area contributed by atoms with Crippen LogP contribution >= 0.6 is 0 Å². The first-order valence-corrected chi connectivity index (χ1v) is 5.57. The molecule has 0 aliphatic heterocycles. The molecule has 0 spiro atoms. The monoisotopic (exact) mass is 206 g/mol.